The van der Waals surface area contributed by atoms with Crippen LogP contribution in [0.2, 0.25) is 0 Å². The molecule has 0 unspecified atom stereocenters. The summed E-state index contributed by atoms with van der Waals surface area (Å²) in [5, 5.41) is 37.3. The van der Waals surface area contributed by atoms with Crippen molar-refractivity contribution in [3.63, 3.8) is 0 Å². The number of aromatic nitrogens is 2. The van der Waals surface area contributed by atoms with E-state index in [9.17, 15) is 17.6 Å². The maximum Gasteiger partial charge on any atom is 0.194 e. The Bertz CT molecular complexity index is 5690. The lowest BCUT2D eigenvalue weighted by atomic mass is 10.1. The number of rotatable bonds is 48. The van der Waals surface area contributed by atoms with Gasteiger partial charge in [-0.3, -0.25) is 0 Å². The Hall–Kier alpha value is -12.1. The molecule has 4 heterocycles. The number of thiazole rings is 2. The minimum atomic E-state index is -0.430. The average molecular weight is 1920 g/mol. The van der Waals surface area contributed by atoms with Crippen LogP contribution < -0.4 is 38.5 Å². The third-order valence-corrected chi connectivity index (χ3v) is 26.6. The van der Waals surface area contributed by atoms with Crippen molar-refractivity contribution in [1.29, 1.82) is 0 Å². The van der Waals surface area contributed by atoms with Crippen molar-refractivity contribution in [3.8, 4) is 63.6 Å². The van der Waals surface area contributed by atoms with Gasteiger partial charge in [0.25, 0.3) is 0 Å². The van der Waals surface area contributed by atoms with Crippen molar-refractivity contribution in [2.75, 3.05) is 102 Å². The largest absolute Gasteiger partial charge is 0.494 e. The lowest BCUT2D eigenvalue weighted by molar-refractivity contribution is 0.304. The standard InChI is InChI=1S/C30H34FN3OS.C29H33FN4OS.C26H32FN3OS.C25H31FN4OS/c1-4-5-6-7-8-9-18-35-26-16-10-23-20-29(36-30(23)21-26)22-11-17-28(27(31)19-22)33-32-24-12-14-25(15-13-24)34(2)3;1-4-5-6-7-8-9-18-35-24-15-17-27-28(20-24)36-29(31-27)21-10-16-26(25(30)19-21)33-32-22-11-13-23(14-12-22)34(2)3;1-4-5-6-7-8-9-18-31-26-17-16-25(32-26)20-10-15-24(23(27)19-20)29-28-21-11-13-22(14-12-21)30(2)3;1-4-5-6-7-8-9-16-31-24-18-27-25(32-24)19-10-15-23(22(26)17-19)29-28-20-11-13-21(14-12-20)30(2)3/h10-17,19-21H,4-9,18H2,1-3H3;10-17,19-20H,4-9,18H2,1-3H3;10-17,19H,4-9,18H2,1-3H3;10-15,17-18H,4-9,16H2,1-3H3. The molecule has 14 rings (SSSR count). The summed E-state index contributed by atoms with van der Waals surface area (Å²) in [6.45, 7) is 11.8. The number of unbranched alkanes of at least 4 members (excludes halogenated alkanes) is 20. The number of benzene rings is 10. The quantitative estimate of drug-likeness (QED) is 0.0203. The van der Waals surface area contributed by atoms with Crippen LogP contribution in [0.1, 0.15) is 182 Å². The van der Waals surface area contributed by atoms with Crippen LogP contribution in [0.4, 0.5) is 85.8 Å². The molecule has 716 valence electrons. The van der Waals surface area contributed by atoms with Gasteiger partial charge in [0.2, 0.25) is 0 Å². The average Bonchev–Trinajstić information content (AvgIpc) is 1.66. The SMILES string of the molecule is CCCCCCCCOc1ccc(-c2ccc(N=Nc3ccc(N(C)C)cc3)c(F)c2)s1.CCCCCCCCOc1ccc2cc(-c3ccc(N=Nc4ccc(N(C)C)cc4)c(F)c3)sc2c1.CCCCCCCCOc1ccc2nc(-c3ccc(N=Nc4ccc(N(C)C)cc4)c(F)c3)sc2c1.CCCCCCCCOc1cnc(-c2ccc(N=Nc3ccc(N(C)C)cc3)c(F)c2)s1. The van der Waals surface area contributed by atoms with E-state index in [1.54, 1.807) is 41.8 Å². The highest BCUT2D eigenvalue weighted by Crippen LogP contribution is 2.42. The first-order chi connectivity index (χ1) is 66.2. The monoisotopic (exact) mass is 1910 g/mol. The van der Waals surface area contributed by atoms with E-state index in [2.05, 4.69) is 96.8 Å². The third kappa shape index (κ3) is 34.3. The molecule has 0 spiro atoms. The van der Waals surface area contributed by atoms with Gasteiger partial charge in [-0.2, -0.15) is 20.5 Å². The molecule has 4 aromatic heterocycles. The summed E-state index contributed by atoms with van der Waals surface area (Å²) < 4.78 is 84.5. The van der Waals surface area contributed by atoms with Gasteiger partial charge < -0.3 is 38.5 Å². The Labute approximate surface area is 817 Å². The highest BCUT2D eigenvalue weighted by atomic mass is 32.1. The number of fused-ring (bicyclic) bond motifs is 2. The van der Waals surface area contributed by atoms with Gasteiger partial charge in [-0.25, -0.2) is 27.5 Å². The number of azo groups is 4. The van der Waals surface area contributed by atoms with Gasteiger partial charge >= 0.3 is 0 Å². The molecule has 0 atom stereocenters. The van der Waals surface area contributed by atoms with Crippen LogP contribution in [0.25, 0.3) is 62.3 Å². The van der Waals surface area contributed by atoms with Gasteiger partial charge in [0.05, 0.1) is 65.6 Å². The van der Waals surface area contributed by atoms with Crippen LogP contribution in [-0.4, -0.2) is 92.8 Å². The Morgan fingerprint density at radius 1 is 0.272 bits per heavy atom. The second kappa shape index (κ2) is 56.4. The lowest BCUT2D eigenvalue weighted by Gasteiger charge is -2.11. The molecular formula is C110H130F4N14O4S4. The number of anilines is 4. The van der Waals surface area contributed by atoms with E-state index in [0.717, 1.165) is 147 Å². The number of ether oxygens (including phenoxy) is 4. The Balaban J connectivity index is 0.000000174. The molecule has 0 fully saturated rings. The molecule has 0 aliphatic heterocycles. The summed E-state index contributed by atoms with van der Waals surface area (Å²) in [6, 6.07) is 68.6. The number of thiophene rings is 2. The zero-order chi connectivity index (χ0) is 96.2. The van der Waals surface area contributed by atoms with Crippen LogP contribution in [0, 0.1) is 23.3 Å². The summed E-state index contributed by atoms with van der Waals surface area (Å²) in [5.74, 6) is 0.113. The van der Waals surface area contributed by atoms with E-state index in [-0.39, 0.29) is 34.4 Å². The topological polar surface area (TPSA) is 175 Å². The zero-order valence-electron chi connectivity index (χ0n) is 80.8. The summed E-state index contributed by atoms with van der Waals surface area (Å²) in [7, 11) is 15.8. The van der Waals surface area contributed by atoms with E-state index in [4.69, 9.17) is 18.9 Å². The minimum absolute atomic E-state index is 0.196. The Morgan fingerprint density at radius 3 is 1.00 bits per heavy atom. The first-order valence-corrected chi connectivity index (χ1v) is 50.9. The maximum atomic E-state index is 14.8. The van der Waals surface area contributed by atoms with Crippen LogP contribution >= 0.6 is 45.3 Å². The Morgan fingerprint density at radius 2 is 0.610 bits per heavy atom. The van der Waals surface area contributed by atoms with Gasteiger partial charge in [0.1, 0.15) is 44.3 Å². The van der Waals surface area contributed by atoms with Crippen molar-refractivity contribution in [1.82, 2.24) is 9.97 Å². The summed E-state index contributed by atoms with van der Waals surface area (Å²) >= 11 is 6.14. The molecule has 0 N–H and O–H groups in total. The van der Waals surface area contributed by atoms with Gasteiger partial charge in [-0.15, -0.1) is 43.1 Å². The van der Waals surface area contributed by atoms with Crippen molar-refractivity contribution < 1.29 is 36.5 Å². The fourth-order valence-corrected chi connectivity index (χ4v) is 18.0. The van der Waals surface area contributed by atoms with Crippen LogP contribution in [0.15, 0.2) is 272 Å². The first-order valence-electron chi connectivity index (χ1n) is 47.7. The maximum absolute atomic E-state index is 14.8. The predicted octanol–water partition coefficient (Wildman–Crippen LogP) is 36.2. The molecule has 136 heavy (non-hydrogen) atoms. The van der Waals surface area contributed by atoms with Gasteiger partial charge in [0.15, 0.2) is 33.4 Å². The second-order valence-electron chi connectivity index (χ2n) is 34.1. The van der Waals surface area contributed by atoms with E-state index in [0.29, 0.717) is 34.9 Å². The summed E-state index contributed by atoms with van der Waals surface area (Å²) in [6.07, 6.45) is 31.4. The predicted molar refractivity (Wildman–Crippen MR) is 565 cm³/mol. The van der Waals surface area contributed by atoms with Gasteiger partial charge in [-0.05, 0) is 255 Å². The van der Waals surface area contributed by atoms with E-state index in [1.165, 1.54) is 187 Å². The van der Waals surface area contributed by atoms with E-state index in [1.807, 2.05) is 234 Å². The highest BCUT2D eigenvalue weighted by molar-refractivity contribution is 7.22. The van der Waals surface area contributed by atoms with E-state index >= 15 is 0 Å². The molecule has 0 aliphatic rings. The fraction of sp³-hybridized carbons (Fsp3) is 0.364. The summed E-state index contributed by atoms with van der Waals surface area (Å²) in [4.78, 5) is 19.1. The highest BCUT2D eigenvalue weighted by Gasteiger charge is 2.17. The first kappa shape index (κ1) is 104. The number of hydrogen-bond donors (Lipinski definition) is 0. The molecule has 0 radical (unpaired) electrons. The molecule has 0 saturated heterocycles. The number of hydrogen-bond acceptors (Lipinski definition) is 22. The molecule has 0 saturated carbocycles. The third-order valence-electron chi connectivity index (χ3n) is 22.3. The van der Waals surface area contributed by atoms with Gasteiger partial charge in [0, 0.05) is 105 Å². The summed E-state index contributed by atoms with van der Waals surface area (Å²) in [5.41, 5.74) is 11.8. The van der Waals surface area contributed by atoms with E-state index < -0.39 is 11.6 Å². The Kier molecular flexibility index (Phi) is 43.3. The van der Waals surface area contributed by atoms with Gasteiger partial charge in [-0.1, -0.05) is 191 Å². The molecule has 14 aromatic rings. The van der Waals surface area contributed by atoms with Crippen LogP contribution in [-0.2, 0) is 0 Å². The molecule has 0 amide bonds. The molecule has 26 heteroatoms. The second-order valence-corrected chi connectivity index (χ2v) is 38.3. The minimum Gasteiger partial charge on any atom is -0.494 e. The van der Waals surface area contributed by atoms with Crippen molar-refractivity contribution in [2.24, 2.45) is 40.9 Å². The van der Waals surface area contributed by atoms with Crippen molar-refractivity contribution in [2.45, 2.75) is 182 Å². The van der Waals surface area contributed by atoms with Crippen LogP contribution in [0.3, 0.4) is 0 Å². The fourth-order valence-electron chi connectivity index (χ4n) is 14.3. The molecule has 0 aliphatic carbocycles. The molecular weight excluding hydrogens is 1790 g/mol. The lowest BCUT2D eigenvalue weighted by Crippen LogP contribution is -2.07. The number of halogens is 4. The molecule has 18 nitrogen and oxygen atoms in total. The van der Waals surface area contributed by atoms with Crippen LogP contribution in [0.5, 0.6) is 21.6 Å². The van der Waals surface area contributed by atoms with Crippen molar-refractivity contribution >= 4 is 134 Å². The normalized spacial score (nSPS) is 11.4. The molecule has 0 bridgehead atoms. The molecule has 10 aromatic carbocycles. The smallest absolute Gasteiger partial charge is 0.194 e. The zero-order valence-corrected chi connectivity index (χ0v) is 84.0. The number of nitrogens with zero attached hydrogens (tertiary/aromatic N) is 14. The van der Waals surface area contributed by atoms with Crippen molar-refractivity contribution in [3.05, 3.63) is 254 Å².